The molecule has 0 aliphatic rings. The lowest BCUT2D eigenvalue weighted by molar-refractivity contribution is -0.00000232. The highest BCUT2D eigenvalue weighted by atomic mass is 35.5. The molecule has 0 atom stereocenters. The van der Waals surface area contributed by atoms with E-state index in [4.69, 9.17) is 22.1 Å². The summed E-state index contributed by atoms with van der Waals surface area (Å²) in [6.45, 7) is 0. The largest absolute Gasteiger partial charge is 1.00 e. The summed E-state index contributed by atoms with van der Waals surface area (Å²) in [5, 5.41) is 0.556. The Morgan fingerprint density at radius 1 is 1.55 bits per heavy atom. The van der Waals surface area contributed by atoms with Crippen molar-refractivity contribution in [3.05, 3.63) is 23.2 Å². The summed E-state index contributed by atoms with van der Waals surface area (Å²) in [5.74, 6) is 0.724. The van der Waals surface area contributed by atoms with Gasteiger partial charge in [0.1, 0.15) is 5.75 Å². The van der Waals surface area contributed by atoms with Crippen LogP contribution in [0.2, 0.25) is 5.02 Å². The van der Waals surface area contributed by atoms with Crippen LogP contribution in [0, 0.1) is 0 Å². The van der Waals surface area contributed by atoms with Crippen LogP contribution in [0.1, 0.15) is 1.43 Å². The molecule has 0 radical (unpaired) electrons. The van der Waals surface area contributed by atoms with Crippen LogP contribution in [0.25, 0.3) is 0 Å². The number of hydrogen-bond acceptors (Lipinski definition) is 2. The second-order valence-electron chi connectivity index (χ2n) is 1.89. The van der Waals surface area contributed by atoms with Crippen LogP contribution in [0.3, 0.4) is 0 Å². The zero-order chi connectivity index (χ0) is 7.56. The number of nitrogens with two attached hydrogens (primary N) is 1. The number of methoxy groups -OCH3 is 1. The van der Waals surface area contributed by atoms with Crippen LogP contribution in [-0.4, -0.2) is 7.11 Å². The molecule has 4 heteroatoms. The fourth-order valence-electron chi connectivity index (χ4n) is 0.649. The molecule has 1 rings (SSSR count). The van der Waals surface area contributed by atoms with Crippen molar-refractivity contribution in [3.63, 3.8) is 0 Å². The molecule has 11 heavy (non-hydrogen) atoms. The average molecular weight is 194 g/mol. The molecule has 1 aromatic carbocycles. The third-order valence-corrected chi connectivity index (χ3v) is 1.55. The maximum Gasteiger partial charge on any atom is 1.00 e. The van der Waals surface area contributed by atoms with Crippen molar-refractivity contribution in [1.82, 2.24) is 0 Å². The molecule has 0 unspecified atom stereocenters. The summed E-state index contributed by atoms with van der Waals surface area (Å²) in [7, 11) is 1.59. The van der Waals surface area contributed by atoms with Crippen molar-refractivity contribution in [2.24, 2.45) is 0 Å². The van der Waals surface area contributed by atoms with E-state index in [2.05, 4.69) is 0 Å². The quantitative estimate of drug-likeness (QED) is 0.585. The third-order valence-electron chi connectivity index (χ3n) is 1.20. The van der Waals surface area contributed by atoms with Crippen LogP contribution >= 0.6 is 11.6 Å². The van der Waals surface area contributed by atoms with Gasteiger partial charge >= 0.3 is 1.43 Å². The number of hydrogen-bond donors (Lipinski definition) is 1. The Hall–Kier alpha value is -0.600. The molecule has 2 N–H and O–H groups in total. The average Bonchev–Trinajstić information content (AvgIpc) is 1.95. The lowest BCUT2D eigenvalue weighted by atomic mass is 10.3. The van der Waals surface area contributed by atoms with Gasteiger partial charge < -0.3 is 22.9 Å². The van der Waals surface area contributed by atoms with Crippen LogP contribution in [-0.2, 0) is 0 Å². The molecule has 0 aliphatic heterocycles. The molecule has 1 aromatic rings. The van der Waals surface area contributed by atoms with E-state index in [9.17, 15) is 0 Å². The normalized spacial score (nSPS) is 8.55. The number of rotatable bonds is 1. The standard InChI is InChI=1S/C7H8ClNO.ClH/c1-10-5-2-3-6(8)7(9)4-5;/h2-4H,9H2,1H3;1H. The Balaban J connectivity index is 0. The first-order valence-corrected chi connectivity index (χ1v) is 3.21. The Bertz CT molecular complexity index is 245. The van der Waals surface area contributed by atoms with E-state index in [-0.39, 0.29) is 13.8 Å². The fraction of sp³-hybridized carbons (Fsp3) is 0.143. The van der Waals surface area contributed by atoms with Gasteiger partial charge in [0.25, 0.3) is 0 Å². The van der Waals surface area contributed by atoms with E-state index >= 15 is 0 Å². The molecule has 0 fully saturated rings. The van der Waals surface area contributed by atoms with Gasteiger partial charge in [0, 0.05) is 6.07 Å². The van der Waals surface area contributed by atoms with Gasteiger partial charge in [-0.05, 0) is 12.1 Å². The van der Waals surface area contributed by atoms with E-state index in [1.807, 2.05) is 0 Å². The molecule has 2 nitrogen and oxygen atoms in total. The minimum Gasteiger partial charge on any atom is -1.00 e. The summed E-state index contributed by atoms with van der Waals surface area (Å²) in [5.41, 5.74) is 6.03. The fourth-order valence-corrected chi connectivity index (χ4v) is 0.766. The van der Waals surface area contributed by atoms with Crippen molar-refractivity contribution >= 4 is 17.3 Å². The summed E-state index contributed by atoms with van der Waals surface area (Å²) < 4.78 is 4.91. The summed E-state index contributed by atoms with van der Waals surface area (Å²) in [6.07, 6.45) is 0. The lowest BCUT2D eigenvalue weighted by Gasteiger charge is -2.00. The molecule has 0 bridgehead atoms. The van der Waals surface area contributed by atoms with Crippen molar-refractivity contribution < 1.29 is 18.6 Å². The molecule has 62 valence electrons. The maximum atomic E-state index is 5.66. The van der Waals surface area contributed by atoms with Crippen molar-refractivity contribution in [1.29, 1.82) is 0 Å². The SMILES string of the molecule is COc1ccc(Cl)c(N)c1.[Cl-].[H+]. The van der Waals surface area contributed by atoms with E-state index in [0.717, 1.165) is 5.75 Å². The van der Waals surface area contributed by atoms with Gasteiger partial charge in [0.05, 0.1) is 17.8 Å². The van der Waals surface area contributed by atoms with Gasteiger partial charge in [-0.1, -0.05) is 11.6 Å². The zero-order valence-corrected chi connectivity index (χ0v) is 7.49. The third kappa shape index (κ3) is 2.48. The zero-order valence-electron chi connectivity index (χ0n) is 6.97. The minimum atomic E-state index is 0. The smallest absolute Gasteiger partial charge is 1.00 e. The molecule has 0 amide bonds. The molecular weight excluding hydrogens is 185 g/mol. The first kappa shape index (κ1) is 10.4. The van der Waals surface area contributed by atoms with E-state index in [1.165, 1.54) is 0 Å². The highest BCUT2D eigenvalue weighted by Crippen LogP contribution is 2.23. The number of benzene rings is 1. The molecule has 0 aliphatic carbocycles. The second kappa shape index (κ2) is 4.31. The van der Waals surface area contributed by atoms with E-state index < -0.39 is 0 Å². The van der Waals surface area contributed by atoms with Gasteiger partial charge in [-0.3, -0.25) is 0 Å². The Kier molecular flexibility index (Phi) is 4.08. The van der Waals surface area contributed by atoms with E-state index in [0.29, 0.717) is 10.7 Å². The van der Waals surface area contributed by atoms with Crippen molar-refractivity contribution in [2.75, 3.05) is 12.8 Å². The van der Waals surface area contributed by atoms with Gasteiger partial charge in [-0.2, -0.15) is 0 Å². The molecule has 0 spiro atoms. The molecule has 0 saturated heterocycles. The van der Waals surface area contributed by atoms with Crippen molar-refractivity contribution in [3.8, 4) is 5.75 Å². The summed E-state index contributed by atoms with van der Waals surface area (Å²) in [4.78, 5) is 0. The molecular formula is C7H9Cl2NO. The van der Waals surface area contributed by atoms with Crippen molar-refractivity contribution in [2.45, 2.75) is 0 Å². The van der Waals surface area contributed by atoms with Gasteiger partial charge in [0.15, 0.2) is 0 Å². The predicted octanol–water partition coefficient (Wildman–Crippen LogP) is -0.953. The Morgan fingerprint density at radius 3 is 2.64 bits per heavy atom. The number of anilines is 1. The van der Waals surface area contributed by atoms with Crippen LogP contribution < -0.4 is 22.9 Å². The lowest BCUT2D eigenvalue weighted by Crippen LogP contribution is -3.00. The molecule has 0 saturated carbocycles. The maximum absolute atomic E-state index is 5.66. The monoisotopic (exact) mass is 193 g/mol. The first-order chi connectivity index (χ1) is 4.74. The second-order valence-corrected chi connectivity index (χ2v) is 2.29. The Labute approximate surface area is 78.2 Å². The predicted molar refractivity (Wildman–Crippen MR) is 43.5 cm³/mol. The summed E-state index contributed by atoms with van der Waals surface area (Å²) in [6, 6.07) is 5.15. The Morgan fingerprint density at radius 2 is 2.18 bits per heavy atom. The van der Waals surface area contributed by atoms with Gasteiger partial charge in [0.2, 0.25) is 0 Å². The van der Waals surface area contributed by atoms with Crippen LogP contribution in [0.15, 0.2) is 18.2 Å². The van der Waals surface area contributed by atoms with Crippen LogP contribution in [0.5, 0.6) is 5.75 Å². The molecule has 0 aromatic heterocycles. The highest BCUT2D eigenvalue weighted by molar-refractivity contribution is 6.33. The highest BCUT2D eigenvalue weighted by Gasteiger charge is 1.95. The number of ether oxygens (including phenoxy) is 1. The van der Waals surface area contributed by atoms with Crippen LogP contribution in [0.4, 0.5) is 5.69 Å². The van der Waals surface area contributed by atoms with E-state index in [1.54, 1.807) is 25.3 Å². The van der Waals surface area contributed by atoms with Gasteiger partial charge in [-0.25, -0.2) is 0 Å². The topological polar surface area (TPSA) is 35.2 Å². The summed E-state index contributed by atoms with van der Waals surface area (Å²) >= 11 is 5.66. The minimum absolute atomic E-state index is 0. The number of halogens is 2. The first-order valence-electron chi connectivity index (χ1n) is 2.83. The molecule has 0 heterocycles. The number of nitrogen functional groups attached to an aromatic ring is 1. The van der Waals surface area contributed by atoms with Gasteiger partial charge in [-0.15, -0.1) is 0 Å².